The third-order valence-electron chi connectivity index (χ3n) is 2.28. The number of benzene rings is 1. The van der Waals surface area contributed by atoms with Gasteiger partial charge < -0.3 is 15.5 Å². The molecule has 0 spiro atoms. The second-order valence-electron chi connectivity index (χ2n) is 4.77. The Kier molecular flexibility index (Phi) is 2.92. The van der Waals surface area contributed by atoms with Crippen LogP contribution in [0.2, 0.25) is 0 Å². The van der Waals surface area contributed by atoms with Crippen LogP contribution in [-0.2, 0) is 0 Å². The summed E-state index contributed by atoms with van der Waals surface area (Å²) in [6.45, 7) is 4.23. The average molecular weight is 250 g/mol. The quantitative estimate of drug-likeness (QED) is 0.633. The number of hydrogen-bond donors (Lipinski definition) is 2. The molecule has 1 aromatic heterocycles. The zero-order chi connectivity index (χ0) is 13.3. The maximum atomic E-state index is 10.6. The maximum Gasteiger partial charge on any atom is 0.295 e. The predicted octanol–water partition coefficient (Wildman–Crippen LogP) is 1.89. The van der Waals surface area contributed by atoms with Crippen LogP contribution >= 0.6 is 0 Å². The molecule has 0 aliphatic rings. The number of fused-ring (bicyclic) bond motifs is 1. The Balaban J connectivity index is 2.24. The Morgan fingerprint density at radius 3 is 2.89 bits per heavy atom. The molecule has 0 aliphatic carbocycles. The molecule has 18 heavy (non-hydrogen) atoms. The van der Waals surface area contributed by atoms with Gasteiger partial charge >= 0.3 is 0 Å². The number of oxazole rings is 1. The molecule has 0 aliphatic heterocycles. The molecule has 0 amide bonds. The van der Waals surface area contributed by atoms with E-state index in [1.54, 1.807) is 6.07 Å². The van der Waals surface area contributed by atoms with Gasteiger partial charge in [0.15, 0.2) is 5.58 Å². The number of nitrogens with two attached hydrogens (primary N) is 1. The lowest BCUT2D eigenvalue weighted by molar-refractivity contribution is -0.384. The van der Waals surface area contributed by atoms with Crippen molar-refractivity contribution in [3.63, 3.8) is 0 Å². The SMILES string of the molecule is CC(C)(N)CNc1nc2ccc([N+](=O)[O-])cc2o1. The molecule has 1 heterocycles. The van der Waals surface area contributed by atoms with Crippen LogP contribution in [0.4, 0.5) is 11.7 Å². The van der Waals surface area contributed by atoms with Crippen molar-refractivity contribution in [3.8, 4) is 0 Å². The normalized spacial score (nSPS) is 11.7. The van der Waals surface area contributed by atoms with Gasteiger partial charge in [0.05, 0.1) is 11.0 Å². The molecule has 96 valence electrons. The number of nitro groups is 1. The summed E-state index contributed by atoms with van der Waals surface area (Å²) in [4.78, 5) is 14.3. The number of rotatable bonds is 4. The Labute approximate surface area is 103 Å². The molecule has 7 heteroatoms. The number of nitro benzene ring substituents is 1. The van der Waals surface area contributed by atoms with Gasteiger partial charge in [0.25, 0.3) is 11.7 Å². The first-order valence-electron chi connectivity index (χ1n) is 5.43. The van der Waals surface area contributed by atoms with Gasteiger partial charge in [0, 0.05) is 18.2 Å². The lowest BCUT2D eigenvalue weighted by Crippen LogP contribution is -2.39. The van der Waals surface area contributed by atoms with Crippen LogP contribution in [0.3, 0.4) is 0 Å². The molecular formula is C11H14N4O3. The van der Waals surface area contributed by atoms with Crippen LogP contribution in [-0.4, -0.2) is 22.0 Å². The highest BCUT2D eigenvalue weighted by atomic mass is 16.6. The summed E-state index contributed by atoms with van der Waals surface area (Å²) in [5, 5.41) is 13.6. The monoisotopic (exact) mass is 250 g/mol. The molecule has 0 atom stereocenters. The van der Waals surface area contributed by atoms with Crippen molar-refractivity contribution in [2.75, 3.05) is 11.9 Å². The van der Waals surface area contributed by atoms with Crippen LogP contribution in [0.15, 0.2) is 22.6 Å². The minimum absolute atomic E-state index is 0.0237. The standard InChI is InChI=1S/C11H14N4O3/c1-11(2,12)6-13-10-14-8-4-3-7(15(16)17)5-9(8)18-10/h3-5H,6,12H2,1-2H3,(H,13,14). The van der Waals surface area contributed by atoms with Gasteiger partial charge in [-0.05, 0) is 19.9 Å². The number of non-ortho nitro benzene ring substituents is 1. The first-order valence-corrected chi connectivity index (χ1v) is 5.43. The highest BCUT2D eigenvalue weighted by molar-refractivity contribution is 5.77. The summed E-state index contributed by atoms with van der Waals surface area (Å²) < 4.78 is 5.37. The van der Waals surface area contributed by atoms with Gasteiger partial charge in [-0.15, -0.1) is 0 Å². The highest BCUT2D eigenvalue weighted by Crippen LogP contribution is 2.23. The molecule has 2 rings (SSSR count). The zero-order valence-electron chi connectivity index (χ0n) is 10.1. The fourth-order valence-electron chi connectivity index (χ4n) is 1.41. The Morgan fingerprint density at radius 2 is 2.28 bits per heavy atom. The third-order valence-corrected chi connectivity index (χ3v) is 2.28. The summed E-state index contributed by atoms with van der Waals surface area (Å²) in [7, 11) is 0. The lowest BCUT2D eigenvalue weighted by Gasteiger charge is -2.17. The number of nitrogens with zero attached hydrogens (tertiary/aromatic N) is 2. The molecule has 0 fully saturated rings. The van der Waals surface area contributed by atoms with E-state index in [0.29, 0.717) is 23.7 Å². The van der Waals surface area contributed by atoms with Crippen LogP contribution in [0.1, 0.15) is 13.8 Å². The van der Waals surface area contributed by atoms with E-state index < -0.39 is 10.5 Å². The van der Waals surface area contributed by atoms with Crippen molar-refractivity contribution >= 4 is 22.8 Å². The first kappa shape index (κ1) is 12.3. The van der Waals surface area contributed by atoms with Crippen molar-refractivity contribution in [3.05, 3.63) is 28.3 Å². The molecule has 0 bridgehead atoms. The zero-order valence-corrected chi connectivity index (χ0v) is 10.1. The van der Waals surface area contributed by atoms with E-state index in [0.717, 1.165) is 0 Å². The summed E-state index contributed by atoms with van der Waals surface area (Å²) >= 11 is 0. The van der Waals surface area contributed by atoms with Crippen molar-refractivity contribution < 1.29 is 9.34 Å². The molecule has 0 saturated heterocycles. The average Bonchev–Trinajstić information content (AvgIpc) is 2.66. The number of aromatic nitrogens is 1. The van der Waals surface area contributed by atoms with Gasteiger partial charge in [-0.25, -0.2) is 0 Å². The second-order valence-corrected chi connectivity index (χ2v) is 4.77. The minimum atomic E-state index is -0.474. The van der Waals surface area contributed by atoms with E-state index in [9.17, 15) is 10.1 Å². The van der Waals surface area contributed by atoms with E-state index in [1.807, 2.05) is 13.8 Å². The largest absolute Gasteiger partial charge is 0.423 e. The Hall–Kier alpha value is -2.15. The summed E-state index contributed by atoms with van der Waals surface area (Å²) in [5.74, 6) is 0. The fourth-order valence-corrected chi connectivity index (χ4v) is 1.41. The van der Waals surface area contributed by atoms with Crippen molar-refractivity contribution in [1.29, 1.82) is 0 Å². The highest BCUT2D eigenvalue weighted by Gasteiger charge is 2.14. The second kappa shape index (κ2) is 4.26. The van der Waals surface area contributed by atoms with Gasteiger partial charge in [0.1, 0.15) is 5.52 Å². The van der Waals surface area contributed by atoms with Crippen molar-refractivity contribution in [2.24, 2.45) is 5.73 Å². The van der Waals surface area contributed by atoms with Crippen molar-refractivity contribution in [1.82, 2.24) is 4.98 Å². The Morgan fingerprint density at radius 1 is 1.56 bits per heavy atom. The lowest BCUT2D eigenvalue weighted by atomic mass is 10.1. The summed E-state index contributed by atoms with van der Waals surface area (Å²) in [6, 6.07) is 4.60. The fraction of sp³-hybridized carbons (Fsp3) is 0.364. The van der Waals surface area contributed by atoms with E-state index in [1.165, 1.54) is 12.1 Å². The van der Waals surface area contributed by atoms with Gasteiger partial charge in [-0.3, -0.25) is 10.1 Å². The van der Waals surface area contributed by atoms with Gasteiger partial charge in [0.2, 0.25) is 0 Å². The third kappa shape index (κ3) is 2.75. The minimum Gasteiger partial charge on any atom is -0.423 e. The van der Waals surface area contributed by atoms with E-state index in [4.69, 9.17) is 10.2 Å². The van der Waals surface area contributed by atoms with Gasteiger partial charge in [-0.1, -0.05) is 0 Å². The molecule has 3 N–H and O–H groups in total. The van der Waals surface area contributed by atoms with Crippen LogP contribution < -0.4 is 11.1 Å². The van der Waals surface area contributed by atoms with Gasteiger partial charge in [-0.2, -0.15) is 4.98 Å². The topological polar surface area (TPSA) is 107 Å². The molecule has 0 unspecified atom stereocenters. The molecular weight excluding hydrogens is 236 g/mol. The summed E-state index contributed by atoms with van der Waals surface area (Å²) in [6.07, 6.45) is 0. The van der Waals surface area contributed by atoms with E-state index in [2.05, 4.69) is 10.3 Å². The smallest absolute Gasteiger partial charge is 0.295 e. The first-order chi connectivity index (χ1) is 8.35. The van der Waals surface area contributed by atoms with Crippen molar-refractivity contribution in [2.45, 2.75) is 19.4 Å². The number of hydrogen-bond acceptors (Lipinski definition) is 6. The summed E-state index contributed by atoms with van der Waals surface area (Å²) in [5.41, 5.74) is 6.34. The van der Waals surface area contributed by atoms with E-state index in [-0.39, 0.29) is 5.69 Å². The predicted molar refractivity (Wildman–Crippen MR) is 67.4 cm³/mol. The van der Waals surface area contributed by atoms with E-state index >= 15 is 0 Å². The maximum absolute atomic E-state index is 10.6. The van der Waals surface area contributed by atoms with Crippen LogP contribution in [0.25, 0.3) is 11.1 Å². The van der Waals surface area contributed by atoms with Crippen LogP contribution in [0, 0.1) is 10.1 Å². The molecule has 7 nitrogen and oxygen atoms in total. The molecule has 2 aromatic rings. The molecule has 0 radical (unpaired) electrons. The molecule has 0 saturated carbocycles. The van der Waals surface area contributed by atoms with Crippen LogP contribution in [0.5, 0.6) is 0 Å². The number of anilines is 1. The number of nitrogens with one attached hydrogen (secondary N) is 1. The Bertz CT molecular complexity index is 585. The molecule has 1 aromatic carbocycles.